The Bertz CT molecular complexity index is 1330. The molecule has 1 aliphatic rings. The predicted octanol–water partition coefficient (Wildman–Crippen LogP) is 7.30. The second-order valence-electron chi connectivity index (χ2n) is 9.66. The third kappa shape index (κ3) is 6.82. The van der Waals surface area contributed by atoms with Crippen LogP contribution < -0.4 is 10.1 Å². The van der Waals surface area contributed by atoms with Gasteiger partial charge in [0.05, 0.1) is 12.3 Å². The first kappa shape index (κ1) is 25.6. The van der Waals surface area contributed by atoms with Crippen LogP contribution in [0.1, 0.15) is 49.1 Å². The molecule has 0 bridgehead atoms. The van der Waals surface area contributed by atoms with Gasteiger partial charge in [0, 0.05) is 29.7 Å². The molecule has 6 nitrogen and oxygen atoms in total. The summed E-state index contributed by atoms with van der Waals surface area (Å²) in [5, 5.41) is 2.96. The third-order valence-electron chi connectivity index (χ3n) is 6.84. The first-order chi connectivity index (χ1) is 18.6. The maximum absolute atomic E-state index is 12.1. The highest BCUT2D eigenvalue weighted by atomic mass is 16.5. The van der Waals surface area contributed by atoms with Crippen LogP contribution in [0.15, 0.2) is 77.2 Å². The first-order valence-corrected chi connectivity index (χ1v) is 13.3. The molecule has 0 spiro atoms. The lowest BCUT2D eigenvalue weighted by Crippen LogP contribution is -2.36. The molecule has 1 aliphatic carbocycles. The highest BCUT2D eigenvalue weighted by Crippen LogP contribution is 2.26. The van der Waals surface area contributed by atoms with Crippen molar-refractivity contribution in [3.63, 3.8) is 0 Å². The molecule has 1 aromatic heterocycles. The number of nitrogens with zero attached hydrogens (tertiary/aromatic N) is 1. The number of aromatic nitrogens is 1. The molecule has 4 aromatic rings. The van der Waals surface area contributed by atoms with E-state index in [1.54, 1.807) is 0 Å². The van der Waals surface area contributed by atoms with E-state index in [9.17, 15) is 4.79 Å². The largest absolute Gasteiger partial charge is 0.493 e. The summed E-state index contributed by atoms with van der Waals surface area (Å²) in [6, 6.07) is 27.5. The number of oxazole rings is 1. The van der Waals surface area contributed by atoms with Gasteiger partial charge in [-0.3, -0.25) is 0 Å². The summed E-state index contributed by atoms with van der Waals surface area (Å²) in [6.45, 7) is 2.51. The van der Waals surface area contributed by atoms with Gasteiger partial charge in [-0.25, -0.2) is 9.78 Å². The van der Waals surface area contributed by atoms with Crippen LogP contribution >= 0.6 is 0 Å². The molecule has 1 radical (unpaired) electrons. The van der Waals surface area contributed by atoms with E-state index in [1.807, 2.05) is 55.5 Å². The fraction of sp³-hybridized carbons (Fsp3) is 0.312. The number of carbonyl (C=O) groups excluding carboxylic acids is 1. The van der Waals surface area contributed by atoms with Crippen LogP contribution in [0.3, 0.4) is 0 Å². The number of alkyl carbamates (subject to hydrolysis) is 1. The van der Waals surface area contributed by atoms with Crippen LogP contribution in [0.5, 0.6) is 5.75 Å². The number of hydrogen-bond acceptors (Lipinski definition) is 5. The Hall–Kier alpha value is -4.06. The van der Waals surface area contributed by atoms with Crippen molar-refractivity contribution in [1.82, 2.24) is 10.3 Å². The molecule has 0 unspecified atom stereocenters. The number of ether oxygens (including phenoxy) is 2. The summed E-state index contributed by atoms with van der Waals surface area (Å²) in [5.41, 5.74) is 4.90. The highest BCUT2D eigenvalue weighted by Gasteiger charge is 2.16. The fourth-order valence-corrected chi connectivity index (χ4v) is 4.74. The molecule has 3 aromatic carbocycles. The van der Waals surface area contributed by atoms with Crippen molar-refractivity contribution in [3.05, 3.63) is 95.9 Å². The van der Waals surface area contributed by atoms with Gasteiger partial charge >= 0.3 is 6.09 Å². The van der Waals surface area contributed by atoms with E-state index >= 15 is 0 Å². The van der Waals surface area contributed by atoms with Gasteiger partial charge in [0.1, 0.15) is 18.1 Å². The zero-order valence-corrected chi connectivity index (χ0v) is 21.7. The number of carbonyl (C=O) groups is 1. The van der Waals surface area contributed by atoms with Crippen LogP contribution in [0.25, 0.3) is 22.6 Å². The minimum Gasteiger partial charge on any atom is -0.493 e. The van der Waals surface area contributed by atoms with Crippen molar-refractivity contribution < 1.29 is 18.7 Å². The van der Waals surface area contributed by atoms with Crippen LogP contribution in [-0.2, 0) is 17.8 Å². The smallest absolute Gasteiger partial charge is 0.407 e. The van der Waals surface area contributed by atoms with Gasteiger partial charge in [-0.05, 0) is 49.1 Å². The molecule has 1 fully saturated rings. The number of amides is 1. The zero-order chi connectivity index (χ0) is 26.2. The molecule has 5 rings (SSSR count). The summed E-state index contributed by atoms with van der Waals surface area (Å²) in [5.74, 6) is 2.00. The van der Waals surface area contributed by atoms with Gasteiger partial charge in [0.15, 0.2) is 0 Å². The van der Waals surface area contributed by atoms with E-state index in [0.717, 1.165) is 53.8 Å². The van der Waals surface area contributed by atoms with Crippen LogP contribution in [-0.4, -0.2) is 23.7 Å². The predicted molar refractivity (Wildman–Crippen MR) is 147 cm³/mol. The minimum absolute atomic E-state index is 0.157. The quantitative estimate of drug-likeness (QED) is 0.256. The van der Waals surface area contributed by atoms with Gasteiger partial charge in [-0.2, -0.15) is 0 Å². The van der Waals surface area contributed by atoms with E-state index in [-0.39, 0.29) is 18.7 Å². The Morgan fingerprint density at radius 2 is 1.68 bits per heavy atom. The Labute approximate surface area is 224 Å². The molecule has 0 aliphatic heterocycles. The Morgan fingerprint density at radius 3 is 2.47 bits per heavy atom. The molecule has 38 heavy (non-hydrogen) atoms. The van der Waals surface area contributed by atoms with Crippen molar-refractivity contribution >= 4 is 6.09 Å². The molecule has 1 N–H and O–H groups in total. The first-order valence-electron chi connectivity index (χ1n) is 13.3. The van der Waals surface area contributed by atoms with Crippen LogP contribution in [0, 0.1) is 13.0 Å². The SMILES string of the molecule is Cc1oc(-c2ccc(-c3ccccc3)cc2)nc1CCOc1[c]c(COC(=O)NC2CCCCC2)ccc1. The van der Waals surface area contributed by atoms with Crippen molar-refractivity contribution in [2.45, 2.75) is 58.1 Å². The van der Waals surface area contributed by atoms with Crippen molar-refractivity contribution in [2.24, 2.45) is 0 Å². The topological polar surface area (TPSA) is 73.6 Å². The van der Waals surface area contributed by atoms with Gasteiger partial charge in [-0.1, -0.05) is 73.9 Å². The minimum atomic E-state index is -0.372. The van der Waals surface area contributed by atoms with Crippen molar-refractivity contribution in [1.29, 1.82) is 0 Å². The van der Waals surface area contributed by atoms with Crippen LogP contribution in [0.2, 0.25) is 0 Å². The normalized spacial score (nSPS) is 13.7. The molecular formula is C32H33N2O4. The molecule has 195 valence electrons. The van der Waals surface area contributed by atoms with Gasteiger partial charge < -0.3 is 19.2 Å². The number of hydrogen-bond donors (Lipinski definition) is 1. The molecule has 0 atom stereocenters. The van der Waals surface area contributed by atoms with Crippen molar-refractivity contribution in [2.75, 3.05) is 6.61 Å². The van der Waals surface area contributed by atoms with Gasteiger partial charge in [0.25, 0.3) is 0 Å². The summed E-state index contributed by atoms with van der Waals surface area (Å²) >= 11 is 0. The number of rotatable bonds is 9. The second kappa shape index (κ2) is 12.5. The third-order valence-corrected chi connectivity index (χ3v) is 6.84. The number of nitrogens with one attached hydrogen (secondary N) is 1. The number of benzene rings is 3. The lowest BCUT2D eigenvalue weighted by Gasteiger charge is -2.22. The standard InChI is InChI=1S/C32H33N2O4/c1-23-30(34-31(38-23)27-17-15-26(16-18-27)25-10-4-2-5-11-25)19-20-36-29-14-8-9-24(21-29)22-37-32(35)33-28-12-6-3-7-13-28/h2,4-5,8-11,14-18,28H,3,6-7,12-13,19-20,22H2,1H3,(H,33,35). The molecule has 6 heteroatoms. The summed E-state index contributed by atoms with van der Waals surface area (Å²) in [6.07, 6.45) is 5.86. The van der Waals surface area contributed by atoms with E-state index in [4.69, 9.17) is 18.9 Å². The van der Waals surface area contributed by atoms with Crippen molar-refractivity contribution in [3.8, 4) is 28.3 Å². The maximum atomic E-state index is 12.1. The summed E-state index contributed by atoms with van der Waals surface area (Å²) < 4.78 is 17.3. The molecule has 0 saturated heterocycles. The second-order valence-corrected chi connectivity index (χ2v) is 9.66. The monoisotopic (exact) mass is 509 g/mol. The van der Waals surface area contributed by atoms with E-state index in [2.05, 4.69) is 35.6 Å². The average Bonchev–Trinajstić information content (AvgIpc) is 3.33. The van der Waals surface area contributed by atoms with E-state index in [0.29, 0.717) is 24.7 Å². The molecule has 1 saturated carbocycles. The molecule has 1 amide bonds. The summed E-state index contributed by atoms with van der Waals surface area (Å²) in [4.78, 5) is 16.8. The average molecular weight is 510 g/mol. The highest BCUT2D eigenvalue weighted by molar-refractivity contribution is 5.68. The van der Waals surface area contributed by atoms with Crippen LogP contribution in [0.4, 0.5) is 4.79 Å². The molecular weight excluding hydrogens is 476 g/mol. The van der Waals surface area contributed by atoms with Gasteiger partial charge in [-0.15, -0.1) is 0 Å². The summed E-state index contributed by atoms with van der Waals surface area (Å²) in [7, 11) is 0. The van der Waals surface area contributed by atoms with E-state index < -0.39 is 0 Å². The Morgan fingerprint density at radius 1 is 0.947 bits per heavy atom. The van der Waals surface area contributed by atoms with Gasteiger partial charge in [0.2, 0.25) is 5.89 Å². The Kier molecular flexibility index (Phi) is 8.39. The number of aryl methyl sites for hydroxylation is 1. The van der Waals surface area contributed by atoms with E-state index in [1.165, 1.54) is 12.0 Å². The fourth-order valence-electron chi connectivity index (χ4n) is 4.74. The Balaban J connectivity index is 1.11. The lowest BCUT2D eigenvalue weighted by molar-refractivity contribution is 0.133. The lowest BCUT2D eigenvalue weighted by atomic mass is 9.96. The maximum Gasteiger partial charge on any atom is 0.407 e. The zero-order valence-electron chi connectivity index (χ0n) is 21.7. The molecule has 1 heterocycles.